The van der Waals surface area contributed by atoms with E-state index in [1.807, 2.05) is 0 Å². The molecular weight excluding hydrogens is 192 g/mol. The van der Waals surface area contributed by atoms with Gasteiger partial charge in [-0.25, -0.2) is 9.78 Å². The summed E-state index contributed by atoms with van der Waals surface area (Å²) in [5, 5.41) is 8.83. The predicted molar refractivity (Wildman–Crippen MR) is 54.8 cm³/mol. The maximum atomic E-state index is 10.8. The van der Waals surface area contributed by atoms with E-state index in [9.17, 15) is 4.79 Å². The number of aryl methyl sites for hydroxylation is 1. The van der Waals surface area contributed by atoms with Crippen molar-refractivity contribution in [3.05, 3.63) is 35.3 Å². The molecule has 0 bridgehead atoms. The van der Waals surface area contributed by atoms with Gasteiger partial charge in [-0.2, -0.15) is 0 Å². The summed E-state index contributed by atoms with van der Waals surface area (Å²) in [5.74, 6) is 1.49. The van der Waals surface area contributed by atoms with Crippen molar-refractivity contribution >= 4 is 11.6 Å². The Morgan fingerprint density at radius 1 is 1.60 bits per heavy atom. The molecule has 2 aromatic heterocycles. The largest absolute Gasteiger partial charge is 0.478 e. The Morgan fingerprint density at radius 3 is 2.93 bits per heavy atom. The SMILES string of the molecule is C#Cc1nc2ccc(C(=O)O)cn2c1C. The Bertz CT molecular complexity index is 590. The molecule has 0 fully saturated rings. The molecule has 0 saturated heterocycles. The molecule has 0 aliphatic rings. The number of rotatable bonds is 1. The summed E-state index contributed by atoms with van der Waals surface area (Å²) in [6.07, 6.45) is 6.78. The molecule has 0 saturated carbocycles. The number of pyridine rings is 1. The molecule has 2 aromatic rings. The number of imidazole rings is 1. The first-order valence-corrected chi connectivity index (χ1v) is 4.32. The Morgan fingerprint density at radius 2 is 2.33 bits per heavy atom. The number of fused-ring (bicyclic) bond motifs is 1. The second kappa shape index (κ2) is 3.14. The third-order valence-electron chi connectivity index (χ3n) is 2.24. The van der Waals surface area contributed by atoms with Crippen molar-refractivity contribution in [1.29, 1.82) is 0 Å². The number of hydrogen-bond donors (Lipinski definition) is 1. The number of hydrogen-bond acceptors (Lipinski definition) is 2. The van der Waals surface area contributed by atoms with Crippen molar-refractivity contribution < 1.29 is 9.90 Å². The fourth-order valence-electron chi connectivity index (χ4n) is 1.43. The van der Waals surface area contributed by atoms with Crippen LogP contribution >= 0.6 is 0 Å². The Hall–Kier alpha value is -2.28. The van der Waals surface area contributed by atoms with Gasteiger partial charge in [0, 0.05) is 6.20 Å². The van der Waals surface area contributed by atoms with Crippen molar-refractivity contribution in [3.8, 4) is 12.3 Å². The van der Waals surface area contributed by atoms with Gasteiger partial charge in [-0.3, -0.25) is 0 Å². The van der Waals surface area contributed by atoms with Crippen molar-refractivity contribution in [3.63, 3.8) is 0 Å². The first-order valence-electron chi connectivity index (χ1n) is 4.32. The zero-order valence-corrected chi connectivity index (χ0v) is 8.06. The highest BCUT2D eigenvalue weighted by Gasteiger charge is 2.08. The third-order valence-corrected chi connectivity index (χ3v) is 2.24. The first-order chi connectivity index (χ1) is 7.13. The molecule has 15 heavy (non-hydrogen) atoms. The van der Waals surface area contributed by atoms with Gasteiger partial charge in [0.25, 0.3) is 0 Å². The molecule has 4 nitrogen and oxygen atoms in total. The van der Waals surface area contributed by atoms with E-state index in [0.29, 0.717) is 11.3 Å². The van der Waals surface area contributed by atoms with E-state index in [1.165, 1.54) is 12.3 Å². The van der Waals surface area contributed by atoms with Crippen LogP contribution in [0.2, 0.25) is 0 Å². The molecule has 0 aliphatic carbocycles. The van der Waals surface area contributed by atoms with Gasteiger partial charge < -0.3 is 9.51 Å². The topological polar surface area (TPSA) is 54.6 Å². The van der Waals surface area contributed by atoms with Crippen LogP contribution in [0.1, 0.15) is 21.7 Å². The van der Waals surface area contributed by atoms with Crippen LogP contribution in [0.15, 0.2) is 18.3 Å². The normalized spacial score (nSPS) is 10.1. The molecule has 1 N–H and O–H groups in total. The summed E-state index contributed by atoms with van der Waals surface area (Å²) in [4.78, 5) is 14.9. The van der Waals surface area contributed by atoms with E-state index in [2.05, 4.69) is 10.9 Å². The van der Waals surface area contributed by atoms with Gasteiger partial charge in [0.15, 0.2) is 0 Å². The van der Waals surface area contributed by atoms with Crippen LogP contribution < -0.4 is 0 Å². The smallest absolute Gasteiger partial charge is 0.337 e. The maximum Gasteiger partial charge on any atom is 0.337 e. The number of aromatic nitrogens is 2. The molecule has 0 radical (unpaired) electrons. The van der Waals surface area contributed by atoms with Gasteiger partial charge >= 0.3 is 5.97 Å². The summed E-state index contributed by atoms with van der Waals surface area (Å²) in [7, 11) is 0. The number of terminal acetylenes is 1. The zero-order valence-electron chi connectivity index (χ0n) is 8.06. The monoisotopic (exact) mass is 200 g/mol. The standard InChI is InChI=1S/C11H8N2O2/c1-3-9-7(2)13-6-8(11(14)15)4-5-10(13)12-9/h1,4-6H,2H3,(H,14,15). The number of aromatic carboxylic acids is 1. The minimum Gasteiger partial charge on any atom is -0.478 e. The first kappa shape index (κ1) is 9.28. The quantitative estimate of drug-likeness (QED) is 0.706. The summed E-state index contributed by atoms with van der Waals surface area (Å²) in [6, 6.07) is 3.14. The van der Waals surface area contributed by atoms with Gasteiger partial charge in [-0.05, 0) is 25.0 Å². The predicted octanol–water partition coefficient (Wildman–Crippen LogP) is 1.32. The highest BCUT2D eigenvalue weighted by molar-refractivity contribution is 5.87. The van der Waals surface area contributed by atoms with Crippen molar-refractivity contribution in [1.82, 2.24) is 9.38 Å². The Labute approximate surface area is 86.2 Å². The van der Waals surface area contributed by atoms with E-state index in [1.54, 1.807) is 17.4 Å². The molecule has 0 aliphatic heterocycles. The Kier molecular flexibility index (Phi) is 1.94. The summed E-state index contributed by atoms with van der Waals surface area (Å²) in [6.45, 7) is 1.81. The fourth-order valence-corrected chi connectivity index (χ4v) is 1.43. The number of carbonyl (C=O) groups is 1. The summed E-state index contributed by atoms with van der Waals surface area (Å²) in [5.41, 5.74) is 2.19. The van der Waals surface area contributed by atoms with Gasteiger partial charge in [-0.15, -0.1) is 6.42 Å². The van der Waals surface area contributed by atoms with Crippen LogP contribution in [-0.2, 0) is 0 Å². The minimum absolute atomic E-state index is 0.214. The van der Waals surface area contributed by atoms with E-state index >= 15 is 0 Å². The number of carboxylic acids is 1. The van der Waals surface area contributed by atoms with Gasteiger partial charge in [0.1, 0.15) is 11.3 Å². The van der Waals surface area contributed by atoms with Gasteiger partial charge in [0.05, 0.1) is 11.3 Å². The van der Waals surface area contributed by atoms with Crippen molar-refractivity contribution in [2.45, 2.75) is 6.92 Å². The van der Waals surface area contributed by atoms with Crippen LogP contribution in [0.4, 0.5) is 0 Å². The fraction of sp³-hybridized carbons (Fsp3) is 0.0909. The van der Waals surface area contributed by atoms with Crippen LogP contribution in [0, 0.1) is 19.3 Å². The van der Waals surface area contributed by atoms with E-state index in [4.69, 9.17) is 11.5 Å². The van der Waals surface area contributed by atoms with Gasteiger partial charge in [0.2, 0.25) is 0 Å². The lowest BCUT2D eigenvalue weighted by molar-refractivity contribution is 0.0696. The molecule has 4 heteroatoms. The van der Waals surface area contributed by atoms with Crippen molar-refractivity contribution in [2.75, 3.05) is 0 Å². The van der Waals surface area contributed by atoms with Gasteiger partial charge in [-0.1, -0.05) is 0 Å². The van der Waals surface area contributed by atoms with Crippen molar-refractivity contribution in [2.24, 2.45) is 0 Å². The molecule has 0 atom stereocenters. The molecule has 0 aromatic carbocycles. The number of nitrogens with zero attached hydrogens (tertiary/aromatic N) is 2. The third kappa shape index (κ3) is 1.34. The van der Waals surface area contributed by atoms with Crippen LogP contribution in [0.25, 0.3) is 5.65 Å². The maximum absolute atomic E-state index is 10.8. The highest BCUT2D eigenvalue weighted by Crippen LogP contribution is 2.12. The molecule has 2 heterocycles. The average Bonchev–Trinajstić information content (AvgIpc) is 2.55. The van der Waals surface area contributed by atoms with E-state index < -0.39 is 5.97 Å². The summed E-state index contributed by atoms with van der Waals surface area (Å²) < 4.78 is 1.68. The summed E-state index contributed by atoms with van der Waals surface area (Å²) >= 11 is 0. The lowest BCUT2D eigenvalue weighted by Crippen LogP contribution is -1.99. The second-order valence-corrected chi connectivity index (χ2v) is 3.14. The average molecular weight is 200 g/mol. The zero-order chi connectivity index (χ0) is 11.0. The Balaban J connectivity index is 2.77. The molecule has 74 valence electrons. The second-order valence-electron chi connectivity index (χ2n) is 3.14. The molecule has 0 unspecified atom stereocenters. The van der Waals surface area contributed by atoms with E-state index in [-0.39, 0.29) is 5.56 Å². The lowest BCUT2D eigenvalue weighted by Gasteiger charge is -1.98. The lowest BCUT2D eigenvalue weighted by atomic mass is 10.3. The molecule has 0 spiro atoms. The number of carboxylic acid groups (broad SMARTS) is 1. The van der Waals surface area contributed by atoms with Crippen LogP contribution in [0.3, 0.4) is 0 Å². The molecular formula is C11H8N2O2. The van der Waals surface area contributed by atoms with E-state index in [0.717, 1.165) is 5.69 Å². The highest BCUT2D eigenvalue weighted by atomic mass is 16.4. The van der Waals surface area contributed by atoms with Crippen LogP contribution in [0.5, 0.6) is 0 Å². The van der Waals surface area contributed by atoms with Crippen LogP contribution in [-0.4, -0.2) is 20.5 Å². The molecule has 2 rings (SSSR count). The minimum atomic E-state index is -0.966. The molecule has 0 amide bonds.